The lowest BCUT2D eigenvalue weighted by Crippen LogP contribution is -2.49. The van der Waals surface area contributed by atoms with E-state index in [4.69, 9.17) is 10.2 Å². The number of piperidine rings is 1. The number of carbonyl (C=O) groups excluding carboxylic acids is 1. The molecule has 1 fully saturated rings. The van der Waals surface area contributed by atoms with E-state index in [-0.39, 0.29) is 11.3 Å². The van der Waals surface area contributed by atoms with Crippen LogP contribution in [0.2, 0.25) is 0 Å². The molecule has 1 amide bonds. The number of rotatable bonds is 5. The van der Waals surface area contributed by atoms with Crippen LogP contribution in [0.25, 0.3) is 0 Å². The Labute approximate surface area is 149 Å². The quantitative estimate of drug-likeness (QED) is 0.530. The number of carbonyl (C=O) groups is 1. The van der Waals surface area contributed by atoms with E-state index in [9.17, 15) is 4.79 Å². The molecule has 0 radical (unpaired) electrons. The van der Waals surface area contributed by atoms with Gasteiger partial charge >= 0.3 is 0 Å². The lowest BCUT2D eigenvalue weighted by atomic mass is 9.94. The molecular formula is C17H30N6O2. The Morgan fingerprint density at radius 3 is 2.64 bits per heavy atom. The molecular weight excluding hydrogens is 320 g/mol. The second-order valence-electron chi connectivity index (χ2n) is 7.46. The number of nitrogens with one attached hydrogen (secondary N) is 2. The summed E-state index contributed by atoms with van der Waals surface area (Å²) in [6.45, 7) is 8.80. The van der Waals surface area contributed by atoms with Crippen LogP contribution in [0.3, 0.4) is 0 Å². The third-order valence-electron chi connectivity index (χ3n) is 4.23. The van der Waals surface area contributed by atoms with Gasteiger partial charge in [0.25, 0.3) is 0 Å². The molecule has 4 N–H and O–H groups in total. The Morgan fingerprint density at radius 1 is 1.44 bits per heavy atom. The number of nitrogens with zero attached hydrogens (tertiary/aromatic N) is 3. The van der Waals surface area contributed by atoms with Crippen LogP contribution in [0.4, 0.5) is 0 Å². The Morgan fingerprint density at radius 2 is 2.12 bits per heavy atom. The first-order valence-electron chi connectivity index (χ1n) is 8.71. The van der Waals surface area contributed by atoms with Crippen molar-refractivity contribution in [2.75, 3.05) is 26.7 Å². The average molecular weight is 350 g/mol. The highest BCUT2D eigenvalue weighted by Gasteiger charge is 2.21. The van der Waals surface area contributed by atoms with Gasteiger partial charge in [-0.15, -0.1) is 0 Å². The lowest BCUT2D eigenvalue weighted by Gasteiger charge is -2.32. The summed E-state index contributed by atoms with van der Waals surface area (Å²) >= 11 is 0. The first-order chi connectivity index (χ1) is 11.8. The summed E-state index contributed by atoms with van der Waals surface area (Å²) in [4.78, 5) is 21.6. The molecule has 8 heteroatoms. The minimum absolute atomic E-state index is 0.0515. The van der Waals surface area contributed by atoms with Crippen LogP contribution >= 0.6 is 0 Å². The highest BCUT2D eigenvalue weighted by atomic mass is 16.4. The average Bonchev–Trinajstić information content (AvgIpc) is 3.02. The zero-order valence-electron chi connectivity index (χ0n) is 15.6. The molecule has 0 spiro atoms. The molecule has 0 bridgehead atoms. The maximum atomic E-state index is 11.0. The first kappa shape index (κ1) is 19.2. The minimum atomic E-state index is -0.274. The van der Waals surface area contributed by atoms with Crippen LogP contribution in [0.5, 0.6) is 0 Å². The molecule has 0 aromatic carbocycles. The van der Waals surface area contributed by atoms with Gasteiger partial charge in [-0.05, 0) is 12.8 Å². The van der Waals surface area contributed by atoms with E-state index < -0.39 is 0 Å². The fourth-order valence-electron chi connectivity index (χ4n) is 2.74. The Balaban J connectivity index is 1.78. The van der Waals surface area contributed by atoms with Crippen molar-refractivity contribution < 1.29 is 9.21 Å². The van der Waals surface area contributed by atoms with Gasteiger partial charge in [0, 0.05) is 31.6 Å². The molecule has 1 saturated heterocycles. The van der Waals surface area contributed by atoms with Gasteiger partial charge in [0.15, 0.2) is 5.96 Å². The molecule has 0 saturated carbocycles. The number of guanidine groups is 1. The van der Waals surface area contributed by atoms with E-state index in [1.807, 2.05) is 0 Å². The molecule has 1 aromatic heterocycles. The maximum absolute atomic E-state index is 11.0. The van der Waals surface area contributed by atoms with E-state index in [1.54, 1.807) is 13.2 Å². The highest BCUT2D eigenvalue weighted by Crippen LogP contribution is 2.22. The molecule has 0 atom stereocenters. The van der Waals surface area contributed by atoms with E-state index >= 15 is 0 Å². The standard InChI is InChI=1S/C17H30N6O2/c1-17(2,3)13-9-20-15(25-13)10-21-16(19-4)22-12-5-7-23(8-6-12)11-14(18)24/h9,12H,5-8,10-11H2,1-4H3,(H2,18,24)(H2,19,21,22). The number of primary amides is 1. The Kier molecular flexibility index (Phi) is 6.41. The van der Waals surface area contributed by atoms with Gasteiger partial charge in [0.2, 0.25) is 11.8 Å². The zero-order valence-corrected chi connectivity index (χ0v) is 15.6. The Hall–Kier alpha value is -2.09. The first-order valence-corrected chi connectivity index (χ1v) is 8.71. The number of nitrogens with two attached hydrogens (primary N) is 1. The zero-order chi connectivity index (χ0) is 18.4. The monoisotopic (exact) mass is 350 g/mol. The molecule has 140 valence electrons. The lowest BCUT2D eigenvalue weighted by molar-refractivity contribution is -0.119. The predicted octanol–water partition coefficient (Wildman–Crippen LogP) is 0.587. The Bertz CT molecular complexity index is 597. The molecule has 25 heavy (non-hydrogen) atoms. The van der Waals surface area contributed by atoms with E-state index in [0.29, 0.717) is 25.0 Å². The molecule has 8 nitrogen and oxygen atoms in total. The number of likely N-dealkylation sites (tertiary alicyclic amines) is 1. The highest BCUT2D eigenvalue weighted by molar-refractivity contribution is 5.79. The normalized spacial score (nSPS) is 17.5. The molecule has 0 unspecified atom stereocenters. The van der Waals surface area contributed by atoms with Crippen molar-refractivity contribution in [2.45, 2.75) is 51.6 Å². The van der Waals surface area contributed by atoms with Gasteiger partial charge in [0.1, 0.15) is 5.76 Å². The van der Waals surface area contributed by atoms with Crippen molar-refractivity contribution in [3.63, 3.8) is 0 Å². The summed E-state index contributed by atoms with van der Waals surface area (Å²) in [6.07, 6.45) is 3.67. The summed E-state index contributed by atoms with van der Waals surface area (Å²) < 4.78 is 5.78. The molecule has 1 aliphatic heterocycles. The van der Waals surface area contributed by atoms with Crippen LogP contribution in [0.15, 0.2) is 15.6 Å². The van der Waals surface area contributed by atoms with Crippen LogP contribution in [0, 0.1) is 0 Å². The topological polar surface area (TPSA) is 109 Å². The van der Waals surface area contributed by atoms with Crippen molar-refractivity contribution in [3.8, 4) is 0 Å². The predicted molar refractivity (Wildman–Crippen MR) is 97.2 cm³/mol. The largest absolute Gasteiger partial charge is 0.443 e. The van der Waals surface area contributed by atoms with Gasteiger partial charge in [0.05, 0.1) is 19.3 Å². The maximum Gasteiger partial charge on any atom is 0.231 e. The number of aliphatic imine (C=N–C) groups is 1. The van der Waals surface area contributed by atoms with Crippen LogP contribution in [0.1, 0.15) is 45.3 Å². The second-order valence-corrected chi connectivity index (χ2v) is 7.46. The van der Waals surface area contributed by atoms with Crippen molar-refractivity contribution in [2.24, 2.45) is 10.7 Å². The van der Waals surface area contributed by atoms with Crippen molar-refractivity contribution >= 4 is 11.9 Å². The summed E-state index contributed by atoms with van der Waals surface area (Å²) in [5.74, 6) is 1.96. The summed E-state index contributed by atoms with van der Waals surface area (Å²) in [6, 6.07) is 0.324. The molecule has 2 rings (SSSR count). The van der Waals surface area contributed by atoms with Gasteiger partial charge in [-0.3, -0.25) is 14.7 Å². The number of amides is 1. The third kappa shape index (κ3) is 6.04. The fourth-order valence-corrected chi connectivity index (χ4v) is 2.74. The van der Waals surface area contributed by atoms with Crippen molar-refractivity contribution in [1.29, 1.82) is 0 Å². The van der Waals surface area contributed by atoms with E-state index in [0.717, 1.165) is 37.7 Å². The van der Waals surface area contributed by atoms with E-state index in [1.165, 1.54) is 0 Å². The van der Waals surface area contributed by atoms with Crippen molar-refractivity contribution in [3.05, 3.63) is 17.8 Å². The fraction of sp³-hybridized carbons (Fsp3) is 0.706. The number of hydrogen-bond donors (Lipinski definition) is 3. The van der Waals surface area contributed by atoms with E-state index in [2.05, 4.69) is 46.3 Å². The van der Waals surface area contributed by atoms with Gasteiger partial charge in [-0.1, -0.05) is 20.8 Å². The SMILES string of the molecule is CN=C(NCc1ncc(C(C)(C)C)o1)NC1CCN(CC(N)=O)CC1. The van der Waals surface area contributed by atoms with Crippen LogP contribution in [-0.2, 0) is 16.8 Å². The molecule has 1 aromatic rings. The van der Waals surface area contributed by atoms with Gasteiger partial charge < -0.3 is 20.8 Å². The minimum Gasteiger partial charge on any atom is -0.443 e. The molecule has 0 aliphatic carbocycles. The number of hydrogen-bond acceptors (Lipinski definition) is 5. The summed E-state index contributed by atoms with van der Waals surface area (Å²) in [5, 5.41) is 6.65. The van der Waals surface area contributed by atoms with Gasteiger partial charge in [-0.2, -0.15) is 0 Å². The summed E-state index contributed by atoms with van der Waals surface area (Å²) in [7, 11) is 1.74. The number of oxazole rings is 1. The summed E-state index contributed by atoms with van der Waals surface area (Å²) in [5.41, 5.74) is 5.19. The number of aromatic nitrogens is 1. The molecule has 1 aliphatic rings. The van der Waals surface area contributed by atoms with Crippen LogP contribution in [-0.4, -0.2) is 54.5 Å². The van der Waals surface area contributed by atoms with Gasteiger partial charge in [-0.25, -0.2) is 4.98 Å². The smallest absolute Gasteiger partial charge is 0.231 e. The van der Waals surface area contributed by atoms with Crippen molar-refractivity contribution in [1.82, 2.24) is 20.5 Å². The van der Waals surface area contributed by atoms with Crippen LogP contribution < -0.4 is 16.4 Å². The molecule has 2 heterocycles. The third-order valence-corrected chi connectivity index (χ3v) is 4.23. The second kappa shape index (κ2) is 8.33.